The topological polar surface area (TPSA) is 70.5 Å². The maximum atomic E-state index is 11.9. The molecule has 2 rings (SSSR count). The van der Waals surface area contributed by atoms with Crippen molar-refractivity contribution in [1.82, 2.24) is 9.88 Å². The first-order valence-corrected chi connectivity index (χ1v) is 5.80. The Morgan fingerprint density at radius 1 is 1.50 bits per heavy atom. The van der Waals surface area contributed by atoms with Gasteiger partial charge in [0.25, 0.3) is 0 Å². The smallest absolute Gasteiger partial charge is 0.326 e. The van der Waals surface area contributed by atoms with E-state index in [1.54, 1.807) is 24.5 Å². The Morgan fingerprint density at radius 3 is 3.00 bits per heavy atom. The first kappa shape index (κ1) is 12.3. The highest BCUT2D eigenvalue weighted by atomic mass is 16.4. The molecule has 5 heteroatoms. The number of hydrogen-bond acceptors (Lipinski definition) is 3. The highest BCUT2D eigenvalue weighted by Gasteiger charge is 2.32. The number of amides is 1. The summed E-state index contributed by atoms with van der Waals surface area (Å²) in [5, 5.41) is 8.99. The lowest BCUT2D eigenvalue weighted by Gasteiger charge is -2.19. The second kappa shape index (κ2) is 5.44. The minimum Gasteiger partial charge on any atom is -0.480 e. The maximum absolute atomic E-state index is 11.9. The molecule has 0 aliphatic carbocycles. The van der Waals surface area contributed by atoms with Crippen LogP contribution >= 0.6 is 0 Å². The van der Waals surface area contributed by atoms with Crippen molar-refractivity contribution >= 4 is 18.0 Å². The third-order valence-electron chi connectivity index (χ3n) is 2.92. The molecule has 0 radical (unpaired) electrons. The van der Waals surface area contributed by atoms with Crippen LogP contribution in [0.5, 0.6) is 0 Å². The number of aliphatic carboxylic acids is 1. The largest absolute Gasteiger partial charge is 0.480 e. The van der Waals surface area contributed by atoms with Gasteiger partial charge < -0.3 is 10.0 Å². The Bertz CT molecular complexity index is 470. The van der Waals surface area contributed by atoms with Gasteiger partial charge in [0.05, 0.1) is 0 Å². The van der Waals surface area contributed by atoms with Crippen LogP contribution in [0, 0.1) is 0 Å². The van der Waals surface area contributed by atoms with Crippen molar-refractivity contribution in [3.05, 3.63) is 36.2 Å². The predicted molar refractivity (Wildman–Crippen MR) is 65.6 cm³/mol. The van der Waals surface area contributed by atoms with Crippen LogP contribution in [-0.4, -0.2) is 39.5 Å². The first-order valence-electron chi connectivity index (χ1n) is 5.80. The molecule has 18 heavy (non-hydrogen) atoms. The van der Waals surface area contributed by atoms with Gasteiger partial charge in [-0.2, -0.15) is 0 Å². The maximum Gasteiger partial charge on any atom is 0.326 e. The van der Waals surface area contributed by atoms with Gasteiger partial charge in [-0.15, -0.1) is 0 Å². The first-order chi connectivity index (χ1) is 8.68. The molecule has 1 N–H and O–H groups in total. The van der Waals surface area contributed by atoms with Gasteiger partial charge in [-0.25, -0.2) is 4.79 Å². The zero-order chi connectivity index (χ0) is 13.0. The van der Waals surface area contributed by atoms with Crippen molar-refractivity contribution in [2.75, 3.05) is 6.54 Å². The Kier molecular flexibility index (Phi) is 3.72. The molecular weight excluding hydrogens is 232 g/mol. The molecule has 0 spiro atoms. The van der Waals surface area contributed by atoms with Crippen LogP contribution in [0.1, 0.15) is 18.4 Å². The van der Waals surface area contributed by atoms with Gasteiger partial charge in [-0.1, -0.05) is 6.07 Å². The van der Waals surface area contributed by atoms with Crippen molar-refractivity contribution in [3.8, 4) is 0 Å². The Hall–Kier alpha value is -2.17. The molecule has 1 atom stereocenters. The summed E-state index contributed by atoms with van der Waals surface area (Å²) >= 11 is 0. The Morgan fingerprint density at radius 2 is 2.33 bits per heavy atom. The highest BCUT2D eigenvalue weighted by molar-refractivity contribution is 5.94. The Labute approximate surface area is 105 Å². The lowest BCUT2D eigenvalue weighted by Crippen LogP contribution is -2.39. The Balaban J connectivity index is 2.04. The van der Waals surface area contributed by atoms with E-state index in [9.17, 15) is 9.59 Å². The van der Waals surface area contributed by atoms with E-state index < -0.39 is 12.0 Å². The van der Waals surface area contributed by atoms with E-state index in [0.29, 0.717) is 13.0 Å². The van der Waals surface area contributed by atoms with E-state index in [4.69, 9.17) is 5.11 Å². The molecule has 1 aromatic heterocycles. The van der Waals surface area contributed by atoms with Crippen molar-refractivity contribution in [3.63, 3.8) is 0 Å². The van der Waals surface area contributed by atoms with Crippen LogP contribution in [-0.2, 0) is 9.59 Å². The number of likely N-dealkylation sites (tertiary alicyclic amines) is 1. The number of pyridine rings is 1. The zero-order valence-electron chi connectivity index (χ0n) is 9.82. The second-order valence-electron chi connectivity index (χ2n) is 4.15. The van der Waals surface area contributed by atoms with Crippen LogP contribution in [0.2, 0.25) is 0 Å². The van der Waals surface area contributed by atoms with Gasteiger partial charge in [0.1, 0.15) is 6.04 Å². The van der Waals surface area contributed by atoms with Crippen LogP contribution in [0.3, 0.4) is 0 Å². The van der Waals surface area contributed by atoms with E-state index in [-0.39, 0.29) is 5.91 Å². The average molecular weight is 246 g/mol. The summed E-state index contributed by atoms with van der Waals surface area (Å²) in [4.78, 5) is 28.2. The van der Waals surface area contributed by atoms with Crippen LogP contribution in [0.25, 0.3) is 6.08 Å². The van der Waals surface area contributed by atoms with Crippen LogP contribution < -0.4 is 0 Å². The molecule has 0 unspecified atom stereocenters. The molecule has 1 fully saturated rings. The van der Waals surface area contributed by atoms with Gasteiger partial charge in [0.15, 0.2) is 0 Å². The molecule has 2 heterocycles. The normalized spacial score (nSPS) is 19.3. The fourth-order valence-corrected chi connectivity index (χ4v) is 2.03. The van der Waals surface area contributed by atoms with Crippen molar-refractivity contribution in [2.24, 2.45) is 0 Å². The quantitative estimate of drug-likeness (QED) is 0.813. The third kappa shape index (κ3) is 2.74. The van der Waals surface area contributed by atoms with Gasteiger partial charge >= 0.3 is 5.97 Å². The second-order valence-corrected chi connectivity index (χ2v) is 4.15. The fourth-order valence-electron chi connectivity index (χ4n) is 2.03. The molecule has 0 bridgehead atoms. The summed E-state index contributed by atoms with van der Waals surface area (Å²) in [7, 11) is 0. The van der Waals surface area contributed by atoms with Crippen LogP contribution in [0.15, 0.2) is 30.6 Å². The molecular formula is C13H14N2O3. The van der Waals surface area contributed by atoms with Gasteiger partial charge in [0.2, 0.25) is 5.91 Å². The highest BCUT2D eigenvalue weighted by Crippen LogP contribution is 2.18. The number of carbonyl (C=O) groups is 2. The number of hydrogen-bond donors (Lipinski definition) is 1. The molecule has 0 aromatic carbocycles. The van der Waals surface area contributed by atoms with Crippen molar-refractivity contribution in [2.45, 2.75) is 18.9 Å². The number of carboxylic acids is 1. The summed E-state index contributed by atoms with van der Waals surface area (Å²) < 4.78 is 0. The summed E-state index contributed by atoms with van der Waals surface area (Å²) in [5.74, 6) is -1.20. The molecule has 0 saturated carbocycles. The minimum atomic E-state index is -0.935. The van der Waals surface area contributed by atoms with E-state index >= 15 is 0 Å². The fraction of sp³-hybridized carbons (Fsp3) is 0.308. The predicted octanol–water partition coefficient (Wildman–Crippen LogP) is 1.17. The standard InChI is InChI=1S/C13H14N2O3/c16-12(6-5-10-3-1-7-14-9-10)15-8-2-4-11(15)13(17)18/h1,3,5-7,9,11H,2,4,8H2,(H,17,18)/b6-5-/t11-/m1/s1. The summed E-state index contributed by atoms with van der Waals surface area (Å²) in [6.07, 6.45) is 7.61. The van der Waals surface area contributed by atoms with Gasteiger partial charge in [-0.05, 0) is 30.5 Å². The molecule has 1 aliphatic rings. The lowest BCUT2D eigenvalue weighted by atomic mass is 10.2. The average Bonchev–Trinajstić information content (AvgIpc) is 2.86. The number of rotatable bonds is 3. The summed E-state index contributed by atoms with van der Waals surface area (Å²) in [6, 6.07) is 2.92. The summed E-state index contributed by atoms with van der Waals surface area (Å²) in [6.45, 7) is 0.507. The number of carboxylic acid groups (broad SMARTS) is 1. The third-order valence-corrected chi connectivity index (χ3v) is 2.92. The van der Waals surface area contributed by atoms with E-state index in [1.807, 2.05) is 6.07 Å². The van der Waals surface area contributed by atoms with E-state index in [1.165, 1.54) is 11.0 Å². The summed E-state index contributed by atoms with van der Waals surface area (Å²) in [5.41, 5.74) is 0.817. The van der Waals surface area contributed by atoms with Crippen molar-refractivity contribution < 1.29 is 14.7 Å². The molecule has 1 aromatic rings. The molecule has 1 aliphatic heterocycles. The number of aromatic nitrogens is 1. The SMILES string of the molecule is O=C(O)[C@H]1CCCN1C(=O)/C=C\c1cccnc1. The lowest BCUT2D eigenvalue weighted by molar-refractivity contribution is -0.146. The number of nitrogens with zero attached hydrogens (tertiary/aromatic N) is 2. The van der Waals surface area contributed by atoms with Crippen molar-refractivity contribution in [1.29, 1.82) is 0 Å². The van der Waals surface area contributed by atoms with E-state index in [2.05, 4.69) is 4.98 Å². The van der Waals surface area contributed by atoms with Gasteiger partial charge in [-0.3, -0.25) is 9.78 Å². The zero-order valence-corrected chi connectivity index (χ0v) is 9.82. The monoisotopic (exact) mass is 246 g/mol. The van der Waals surface area contributed by atoms with Crippen LogP contribution in [0.4, 0.5) is 0 Å². The molecule has 1 amide bonds. The molecule has 94 valence electrons. The molecule has 5 nitrogen and oxygen atoms in total. The minimum absolute atomic E-state index is 0.260. The van der Waals surface area contributed by atoms with E-state index in [0.717, 1.165) is 12.0 Å². The molecule has 1 saturated heterocycles. The number of carbonyl (C=O) groups excluding carboxylic acids is 1. The van der Waals surface area contributed by atoms with Gasteiger partial charge in [0, 0.05) is 25.0 Å².